The Morgan fingerprint density at radius 2 is 1.74 bits per heavy atom. The van der Waals surface area contributed by atoms with Crippen LogP contribution in [0.2, 0.25) is 0 Å². The van der Waals surface area contributed by atoms with Crippen LogP contribution in [0.15, 0.2) is 36.4 Å². The summed E-state index contributed by atoms with van der Waals surface area (Å²) in [5.74, 6) is 0.320. The van der Waals surface area contributed by atoms with E-state index < -0.39 is 11.9 Å². The van der Waals surface area contributed by atoms with E-state index in [1.165, 1.54) is 4.90 Å². The number of amides is 1. The Morgan fingerprint density at radius 1 is 1.06 bits per heavy atom. The van der Waals surface area contributed by atoms with Crippen molar-refractivity contribution < 1.29 is 18.0 Å². The van der Waals surface area contributed by atoms with Crippen LogP contribution in [0.25, 0.3) is 0 Å². The zero-order valence-corrected chi connectivity index (χ0v) is 17.9. The zero-order valence-electron chi connectivity index (χ0n) is 17.9. The summed E-state index contributed by atoms with van der Waals surface area (Å²) in [6, 6.07) is 9.98. The number of carbonyl (C=O) groups excluding carboxylic acids is 1. The third-order valence-corrected chi connectivity index (χ3v) is 5.59. The van der Waals surface area contributed by atoms with Crippen LogP contribution in [0, 0.1) is 5.92 Å². The summed E-state index contributed by atoms with van der Waals surface area (Å²) >= 11 is 0. The van der Waals surface area contributed by atoms with E-state index in [0.717, 1.165) is 25.3 Å². The van der Waals surface area contributed by atoms with Crippen LogP contribution in [-0.2, 0) is 6.18 Å². The van der Waals surface area contributed by atoms with Crippen molar-refractivity contribution in [3.05, 3.63) is 47.7 Å². The van der Waals surface area contributed by atoms with Gasteiger partial charge in [-0.25, -0.2) is 4.98 Å². The fourth-order valence-electron chi connectivity index (χ4n) is 3.74. The first-order valence-electron chi connectivity index (χ1n) is 10.4. The molecule has 1 aromatic heterocycles. The molecule has 31 heavy (non-hydrogen) atoms. The summed E-state index contributed by atoms with van der Waals surface area (Å²) in [5, 5.41) is 6.28. The molecule has 0 aliphatic heterocycles. The highest BCUT2D eigenvalue weighted by atomic mass is 19.4. The number of hydrogen-bond donors (Lipinski definition) is 2. The lowest BCUT2D eigenvalue weighted by Gasteiger charge is -2.22. The lowest BCUT2D eigenvalue weighted by atomic mass is 9.96. The molecule has 2 N–H and O–H groups in total. The molecule has 0 radical (unpaired) electrons. The van der Waals surface area contributed by atoms with Crippen molar-refractivity contribution in [3.8, 4) is 0 Å². The highest BCUT2D eigenvalue weighted by Gasteiger charge is 2.34. The molecule has 0 saturated heterocycles. The Kier molecular flexibility index (Phi) is 7.02. The molecule has 6 nitrogen and oxygen atoms in total. The highest BCUT2D eigenvalue weighted by Crippen LogP contribution is 2.31. The minimum atomic E-state index is -4.55. The number of anilines is 2. The van der Waals surface area contributed by atoms with Gasteiger partial charge in [-0.2, -0.15) is 18.2 Å². The quantitative estimate of drug-likeness (QED) is 0.684. The fourth-order valence-corrected chi connectivity index (χ4v) is 3.74. The SMILES string of the molecule is CC1CC[C@H](Nc2cc(C(F)(F)F)nc(N(C)C)n2)CC[C@@H]1NC(=O)c1ccccc1. The molecule has 1 fully saturated rings. The molecule has 1 aliphatic rings. The van der Waals surface area contributed by atoms with Crippen molar-refractivity contribution in [1.82, 2.24) is 15.3 Å². The van der Waals surface area contributed by atoms with Crippen LogP contribution in [0.4, 0.5) is 24.9 Å². The first-order chi connectivity index (χ1) is 14.6. The Hall–Kier alpha value is -2.84. The van der Waals surface area contributed by atoms with E-state index in [1.807, 2.05) is 18.2 Å². The number of benzene rings is 1. The van der Waals surface area contributed by atoms with Gasteiger partial charge >= 0.3 is 6.18 Å². The van der Waals surface area contributed by atoms with Crippen molar-refractivity contribution in [3.63, 3.8) is 0 Å². The topological polar surface area (TPSA) is 70.2 Å². The van der Waals surface area contributed by atoms with Gasteiger partial charge in [0.1, 0.15) is 5.82 Å². The second-order valence-corrected chi connectivity index (χ2v) is 8.25. The van der Waals surface area contributed by atoms with E-state index in [2.05, 4.69) is 27.5 Å². The monoisotopic (exact) mass is 435 g/mol. The van der Waals surface area contributed by atoms with E-state index >= 15 is 0 Å². The van der Waals surface area contributed by atoms with E-state index in [1.54, 1.807) is 26.2 Å². The average molecular weight is 435 g/mol. The summed E-state index contributed by atoms with van der Waals surface area (Å²) in [6.45, 7) is 2.09. The standard InChI is InChI=1S/C22H28F3N5O/c1-14-9-10-16(11-12-17(14)27-20(31)15-7-5-4-6-8-15)26-19-13-18(22(23,24)25)28-21(29-19)30(2)3/h4-8,13-14,16-17H,9-12H2,1-3H3,(H,27,31)(H,26,28,29)/t14?,16-,17-/m0/s1. The van der Waals surface area contributed by atoms with Gasteiger partial charge in [0.15, 0.2) is 5.69 Å². The number of hydrogen-bond acceptors (Lipinski definition) is 5. The first-order valence-corrected chi connectivity index (χ1v) is 10.4. The third-order valence-electron chi connectivity index (χ3n) is 5.59. The molecule has 3 rings (SSSR count). The van der Waals surface area contributed by atoms with Crippen molar-refractivity contribution in [2.24, 2.45) is 5.92 Å². The molecular formula is C22H28F3N5O. The number of nitrogens with one attached hydrogen (secondary N) is 2. The second kappa shape index (κ2) is 9.53. The Balaban J connectivity index is 1.68. The van der Waals surface area contributed by atoms with Gasteiger partial charge in [-0.3, -0.25) is 4.79 Å². The summed E-state index contributed by atoms with van der Waals surface area (Å²) < 4.78 is 39.7. The number of aromatic nitrogens is 2. The molecule has 1 amide bonds. The van der Waals surface area contributed by atoms with Gasteiger partial charge in [-0.15, -0.1) is 0 Å². The van der Waals surface area contributed by atoms with Crippen molar-refractivity contribution in [2.75, 3.05) is 24.3 Å². The van der Waals surface area contributed by atoms with Crippen LogP contribution in [0.3, 0.4) is 0 Å². The number of halogens is 3. The van der Waals surface area contributed by atoms with Crippen molar-refractivity contribution in [2.45, 2.75) is 50.9 Å². The number of rotatable bonds is 5. The summed E-state index contributed by atoms with van der Waals surface area (Å²) in [6.07, 6.45) is -1.48. The second-order valence-electron chi connectivity index (χ2n) is 8.25. The number of alkyl halides is 3. The first kappa shape index (κ1) is 22.8. The lowest BCUT2D eigenvalue weighted by molar-refractivity contribution is -0.141. The van der Waals surface area contributed by atoms with Crippen LogP contribution < -0.4 is 15.5 Å². The van der Waals surface area contributed by atoms with E-state index in [4.69, 9.17) is 0 Å². The van der Waals surface area contributed by atoms with Gasteiger partial charge in [-0.05, 0) is 43.7 Å². The molecule has 0 bridgehead atoms. The highest BCUT2D eigenvalue weighted by molar-refractivity contribution is 5.94. The minimum absolute atomic E-state index is 0.00677. The van der Waals surface area contributed by atoms with Gasteiger partial charge in [0.2, 0.25) is 5.95 Å². The van der Waals surface area contributed by atoms with Crippen molar-refractivity contribution in [1.29, 1.82) is 0 Å². The summed E-state index contributed by atoms with van der Waals surface area (Å²) in [5.41, 5.74) is -0.353. The maximum atomic E-state index is 13.2. The molecule has 168 valence electrons. The molecule has 1 unspecified atom stereocenters. The molecule has 1 aromatic carbocycles. The summed E-state index contributed by atoms with van der Waals surface area (Å²) in [7, 11) is 3.21. The van der Waals surface area contributed by atoms with Crippen molar-refractivity contribution >= 4 is 17.7 Å². The number of nitrogens with zero attached hydrogens (tertiary/aromatic N) is 3. The molecule has 0 spiro atoms. The molecule has 2 aromatic rings. The Labute approximate surface area is 180 Å². The molecular weight excluding hydrogens is 407 g/mol. The van der Waals surface area contributed by atoms with E-state index in [-0.39, 0.29) is 35.7 Å². The molecule has 1 heterocycles. The maximum Gasteiger partial charge on any atom is 0.433 e. The smallest absolute Gasteiger partial charge is 0.367 e. The Bertz CT molecular complexity index is 888. The Morgan fingerprint density at radius 3 is 2.39 bits per heavy atom. The summed E-state index contributed by atoms with van der Waals surface area (Å²) in [4.78, 5) is 21.8. The van der Waals surface area contributed by atoms with Gasteiger partial charge in [0, 0.05) is 37.8 Å². The average Bonchev–Trinajstić information content (AvgIpc) is 2.89. The third kappa shape index (κ3) is 6.08. The van der Waals surface area contributed by atoms with Crippen LogP contribution >= 0.6 is 0 Å². The van der Waals surface area contributed by atoms with E-state index in [9.17, 15) is 18.0 Å². The lowest BCUT2D eigenvalue weighted by Crippen LogP contribution is -2.38. The maximum absolute atomic E-state index is 13.2. The van der Waals surface area contributed by atoms with Gasteiger partial charge in [-0.1, -0.05) is 25.1 Å². The molecule has 9 heteroatoms. The van der Waals surface area contributed by atoms with Gasteiger partial charge < -0.3 is 15.5 Å². The van der Waals surface area contributed by atoms with Crippen LogP contribution in [0.5, 0.6) is 0 Å². The molecule has 1 saturated carbocycles. The fraction of sp³-hybridized carbons (Fsp3) is 0.500. The predicted octanol–water partition coefficient (Wildman–Crippen LogP) is 4.35. The van der Waals surface area contributed by atoms with E-state index in [0.29, 0.717) is 12.0 Å². The van der Waals surface area contributed by atoms with Crippen LogP contribution in [0.1, 0.15) is 48.7 Å². The normalized spacial score (nSPS) is 21.8. The minimum Gasteiger partial charge on any atom is -0.367 e. The number of carbonyl (C=O) groups is 1. The van der Waals surface area contributed by atoms with Gasteiger partial charge in [0.05, 0.1) is 0 Å². The zero-order chi connectivity index (χ0) is 22.6. The molecule has 3 atom stereocenters. The molecule has 1 aliphatic carbocycles. The largest absolute Gasteiger partial charge is 0.433 e. The predicted molar refractivity (Wildman–Crippen MR) is 114 cm³/mol. The van der Waals surface area contributed by atoms with Gasteiger partial charge in [0.25, 0.3) is 5.91 Å². The van der Waals surface area contributed by atoms with Crippen LogP contribution in [-0.4, -0.2) is 42.1 Å².